The zero-order chi connectivity index (χ0) is 16.4. The molecule has 23 heavy (non-hydrogen) atoms. The van der Waals surface area contributed by atoms with E-state index in [2.05, 4.69) is 0 Å². The van der Waals surface area contributed by atoms with Crippen LogP contribution < -0.4 is 14.2 Å². The number of benzene rings is 2. The van der Waals surface area contributed by atoms with Gasteiger partial charge in [0.1, 0.15) is 23.0 Å². The van der Waals surface area contributed by atoms with E-state index in [1.54, 1.807) is 19.2 Å². The van der Waals surface area contributed by atoms with Gasteiger partial charge in [0.15, 0.2) is 0 Å². The largest absolute Gasteiger partial charge is 0.508 e. The van der Waals surface area contributed by atoms with Crippen molar-refractivity contribution in [2.24, 2.45) is 0 Å². The van der Waals surface area contributed by atoms with Crippen LogP contribution in [0.2, 0.25) is 0 Å². The molecule has 0 aromatic heterocycles. The average molecular weight is 314 g/mol. The molecule has 1 aliphatic heterocycles. The van der Waals surface area contributed by atoms with Crippen molar-refractivity contribution in [1.82, 2.24) is 0 Å². The minimum Gasteiger partial charge on any atom is -0.508 e. The Morgan fingerprint density at radius 2 is 2.00 bits per heavy atom. The van der Waals surface area contributed by atoms with E-state index in [9.17, 15) is 9.90 Å². The van der Waals surface area contributed by atoms with Gasteiger partial charge in [0.05, 0.1) is 20.1 Å². The van der Waals surface area contributed by atoms with Crippen LogP contribution >= 0.6 is 0 Å². The molecule has 5 nitrogen and oxygen atoms in total. The summed E-state index contributed by atoms with van der Waals surface area (Å²) in [5.41, 5.74) is 1.75. The maximum Gasteiger partial charge on any atom is 0.312 e. The second kappa shape index (κ2) is 6.20. The van der Waals surface area contributed by atoms with Crippen LogP contribution in [0.3, 0.4) is 0 Å². The number of hydrogen-bond acceptors (Lipinski definition) is 5. The lowest BCUT2D eigenvalue weighted by molar-refractivity contribution is -0.135. The van der Waals surface area contributed by atoms with Gasteiger partial charge in [0, 0.05) is 29.2 Å². The van der Waals surface area contributed by atoms with Gasteiger partial charge in [-0.1, -0.05) is 12.1 Å². The molecule has 0 bridgehead atoms. The zero-order valence-corrected chi connectivity index (χ0v) is 13.0. The van der Waals surface area contributed by atoms with Gasteiger partial charge in [-0.15, -0.1) is 0 Å². The number of carbonyl (C=O) groups excluding carboxylic acids is 1. The summed E-state index contributed by atoms with van der Waals surface area (Å²) >= 11 is 0. The molecule has 0 radical (unpaired) electrons. The average Bonchev–Trinajstić information content (AvgIpc) is 2.54. The molecule has 0 saturated carbocycles. The molecule has 120 valence electrons. The standard InChI is InChI=1S/C18H18O5/c1-3-22-16-9-12(21-2)5-7-13(16)15-10-18(20)23-17-8-11(19)4-6-14(15)17/h4-9,15,19H,3,10H2,1-2H3. The van der Waals surface area contributed by atoms with Crippen LogP contribution in [0, 0.1) is 0 Å². The van der Waals surface area contributed by atoms with Crippen molar-refractivity contribution in [3.8, 4) is 23.0 Å². The summed E-state index contributed by atoms with van der Waals surface area (Å²) in [7, 11) is 1.60. The molecule has 0 spiro atoms. The highest BCUT2D eigenvalue weighted by Crippen LogP contribution is 2.43. The van der Waals surface area contributed by atoms with Crippen molar-refractivity contribution < 1.29 is 24.1 Å². The van der Waals surface area contributed by atoms with E-state index in [1.807, 2.05) is 25.1 Å². The molecule has 1 heterocycles. The number of aromatic hydroxyl groups is 1. The maximum atomic E-state index is 11.9. The molecule has 5 heteroatoms. The maximum absolute atomic E-state index is 11.9. The van der Waals surface area contributed by atoms with E-state index >= 15 is 0 Å². The molecule has 2 aromatic carbocycles. The molecule has 1 N–H and O–H groups in total. The topological polar surface area (TPSA) is 65.0 Å². The molecule has 0 fully saturated rings. The third-order valence-corrected chi connectivity index (χ3v) is 3.86. The number of phenols is 1. The molecular weight excluding hydrogens is 296 g/mol. The summed E-state index contributed by atoms with van der Waals surface area (Å²) in [6.45, 7) is 2.42. The summed E-state index contributed by atoms with van der Waals surface area (Å²) in [6.07, 6.45) is 0.226. The minimum absolute atomic E-state index is 0.0666. The summed E-state index contributed by atoms with van der Waals surface area (Å²) in [5.74, 6) is 1.33. The van der Waals surface area contributed by atoms with Gasteiger partial charge in [-0.25, -0.2) is 0 Å². The van der Waals surface area contributed by atoms with Gasteiger partial charge in [-0.05, 0) is 19.1 Å². The van der Waals surface area contributed by atoms with Crippen molar-refractivity contribution >= 4 is 5.97 Å². The lowest BCUT2D eigenvalue weighted by Crippen LogP contribution is -2.21. The number of phenolic OH excluding ortho intramolecular Hbond substituents is 1. The lowest BCUT2D eigenvalue weighted by atomic mass is 9.85. The second-order valence-corrected chi connectivity index (χ2v) is 5.29. The Kier molecular flexibility index (Phi) is 4.10. The fraction of sp³-hybridized carbons (Fsp3) is 0.278. The zero-order valence-electron chi connectivity index (χ0n) is 13.0. The lowest BCUT2D eigenvalue weighted by Gasteiger charge is -2.26. The van der Waals surface area contributed by atoms with Gasteiger partial charge in [-0.3, -0.25) is 4.79 Å². The Hall–Kier alpha value is -2.69. The monoisotopic (exact) mass is 314 g/mol. The first-order valence-electron chi connectivity index (χ1n) is 7.46. The Morgan fingerprint density at radius 1 is 1.22 bits per heavy atom. The van der Waals surface area contributed by atoms with E-state index in [0.29, 0.717) is 23.9 Å². The number of hydrogen-bond donors (Lipinski definition) is 1. The van der Waals surface area contributed by atoms with Crippen LogP contribution in [0.15, 0.2) is 36.4 Å². The van der Waals surface area contributed by atoms with E-state index in [0.717, 1.165) is 11.1 Å². The van der Waals surface area contributed by atoms with Crippen LogP contribution in [-0.4, -0.2) is 24.8 Å². The smallest absolute Gasteiger partial charge is 0.312 e. The number of fused-ring (bicyclic) bond motifs is 1. The summed E-state index contributed by atoms with van der Waals surface area (Å²) in [6, 6.07) is 10.4. The van der Waals surface area contributed by atoms with Crippen LogP contribution in [0.1, 0.15) is 30.4 Å². The molecule has 0 saturated heterocycles. The third-order valence-electron chi connectivity index (χ3n) is 3.86. The highest BCUT2D eigenvalue weighted by molar-refractivity contribution is 5.78. The number of ether oxygens (including phenoxy) is 3. The molecule has 3 rings (SSSR count). The molecule has 0 amide bonds. The second-order valence-electron chi connectivity index (χ2n) is 5.29. The van der Waals surface area contributed by atoms with Gasteiger partial charge in [0.2, 0.25) is 0 Å². The Labute approximate surface area is 134 Å². The predicted molar refractivity (Wildman–Crippen MR) is 84.4 cm³/mol. The normalized spacial score (nSPS) is 16.4. The van der Waals surface area contributed by atoms with Crippen molar-refractivity contribution in [2.75, 3.05) is 13.7 Å². The molecular formula is C18H18O5. The molecule has 2 aromatic rings. The number of esters is 1. The Morgan fingerprint density at radius 3 is 2.74 bits per heavy atom. The summed E-state index contributed by atoms with van der Waals surface area (Å²) < 4.78 is 16.2. The molecule has 1 aliphatic rings. The Bertz CT molecular complexity index is 738. The number of methoxy groups -OCH3 is 1. The van der Waals surface area contributed by atoms with Crippen molar-refractivity contribution in [1.29, 1.82) is 0 Å². The van der Waals surface area contributed by atoms with E-state index in [-0.39, 0.29) is 24.1 Å². The first-order chi connectivity index (χ1) is 11.1. The van der Waals surface area contributed by atoms with Crippen LogP contribution in [0.25, 0.3) is 0 Å². The number of rotatable bonds is 4. The molecule has 1 atom stereocenters. The van der Waals surface area contributed by atoms with Crippen LogP contribution in [-0.2, 0) is 4.79 Å². The van der Waals surface area contributed by atoms with Crippen molar-refractivity contribution in [3.63, 3.8) is 0 Å². The van der Waals surface area contributed by atoms with E-state index in [4.69, 9.17) is 14.2 Å². The van der Waals surface area contributed by atoms with Crippen molar-refractivity contribution in [2.45, 2.75) is 19.3 Å². The van der Waals surface area contributed by atoms with Gasteiger partial charge in [-0.2, -0.15) is 0 Å². The van der Waals surface area contributed by atoms with E-state index in [1.165, 1.54) is 6.07 Å². The fourth-order valence-corrected chi connectivity index (χ4v) is 2.83. The minimum atomic E-state index is -0.327. The first-order valence-corrected chi connectivity index (χ1v) is 7.46. The highest BCUT2D eigenvalue weighted by Gasteiger charge is 2.30. The molecule has 0 aliphatic carbocycles. The van der Waals surface area contributed by atoms with Gasteiger partial charge < -0.3 is 19.3 Å². The quantitative estimate of drug-likeness (QED) is 0.693. The summed E-state index contributed by atoms with van der Waals surface area (Å²) in [5, 5.41) is 9.61. The van der Waals surface area contributed by atoms with Crippen LogP contribution in [0.5, 0.6) is 23.0 Å². The predicted octanol–water partition coefficient (Wildman–Crippen LogP) is 3.24. The molecule has 1 unspecified atom stereocenters. The highest BCUT2D eigenvalue weighted by atomic mass is 16.5. The van der Waals surface area contributed by atoms with Crippen LogP contribution in [0.4, 0.5) is 0 Å². The van der Waals surface area contributed by atoms with Crippen molar-refractivity contribution in [3.05, 3.63) is 47.5 Å². The SMILES string of the molecule is CCOc1cc(OC)ccc1C1CC(=O)Oc2cc(O)ccc21. The van der Waals surface area contributed by atoms with Gasteiger partial charge in [0.25, 0.3) is 0 Å². The van der Waals surface area contributed by atoms with Gasteiger partial charge >= 0.3 is 5.97 Å². The van der Waals surface area contributed by atoms with E-state index < -0.39 is 0 Å². The Balaban J connectivity index is 2.10. The fourth-order valence-electron chi connectivity index (χ4n) is 2.83. The third kappa shape index (κ3) is 2.95. The first kappa shape index (κ1) is 15.2. The number of carbonyl (C=O) groups is 1. The summed E-state index contributed by atoms with van der Waals surface area (Å²) in [4.78, 5) is 11.9.